The van der Waals surface area contributed by atoms with Gasteiger partial charge < -0.3 is 9.64 Å². The zero-order chi connectivity index (χ0) is 22.8. The molecular weight excluding hydrogens is 445 g/mol. The van der Waals surface area contributed by atoms with E-state index in [1.807, 2.05) is 27.8 Å². The van der Waals surface area contributed by atoms with Gasteiger partial charge >= 0.3 is 0 Å². The molecule has 0 aliphatic carbocycles. The molecule has 4 heterocycles. The van der Waals surface area contributed by atoms with Gasteiger partial charge in [-0.1, -0.05) is 23.7 Å². The van der Waals surface area contributed by atoms with Gasteiger partial charge in [-0.3, -0.25) is 19.4 Å². The summed E-state index contributed by atoms with van der Waals surface area (Å²) in [5, 5.41) is 5.19. The second kappa shape index (κ2) is 9.59. The first-order valence-corrected chi connectivity index (χ1v) is 11.5. The first kappa shape index (κ1) is 22.0. The number of rotatable bonds is 5. The average Bonchev–Trinajstić information content (AvgIpc) is 3.19. The van der Waals surface area contributed by atoms with E-state index in [0.29, 0.717) is 56.7 Å². The summed E-state index contributed by atoms with van der Waals surface area (Å²) in [5.41, 5.74) is 4.28. The van der Waals surface area contributed by atoms with Gasteiger partial charge in [-0.15, -0.1) is 0 Å². The predicted octanol–water partition coefficient (Wildman–Crippen LogP) is 3.15. The van der Waals surface area contributed by atoms with E-state index in [2.05, 4.69) is 9.88 Å². The van der Waals surface area contributed by atoms with E-state index in [4.69, 9.17) is 21.4 Å². The van der Waals surface area contributed by atoms with Gasteiger partial charge in [-0.05, 0) is 29.8 Å². The van der Waals surface area contributed by atoms with Gasteiger partial charge in [0.25, 0.3) is 5.91 Å². The molecule has 0 bridgehead atoms. The molecule has 0 radical (unpaired) electrons. The minimum absolute atomic E-state index is 0.0593. The first-order valence-electron chi connectivity index (χ1n) is 11.1. The monoisotopic (exact) mass is 469 g/mol. The molecule has 0 saturated carbocycles. The molecule has 0 spiro atoms. The molecule has 2 aliphatic heterocycles. The number of hydrogen-bond donors (Lipinski definition) is 0. The van der Waals surface area contributed by atoms with Crippen molar-refractivity contribution in [1.82, 2.24) is 24.6 Å². The molecule has 2 aliphatic rings. The van der Waals surface area contributed by atoms with Gasteiger partial charge in [0, 0.05) is 61.6 Å². The summed E-state index contributed by atoms with van der Waals surface area (Å²) in [6.45, 7) is 4.68. The van der Waals surface area contributed by atoms with E-state index in [9.17, 15) is 9.18 Å². The molecule has 7 nitrogen and oxygen atoms in total. The molecular formula is C24H25ClFN5O2. The van der Waals surface area contributed by atoms with Gasteiger partial charge in [-0.2, -0.15) is 5.10 Å². The van der Waals surface area contributed by atoms with Crippen LogP contribution in [0, 0.1) is 5.82 Å². The molecule has 0 N–H and O–H groups in total. The third kappa shape index (κ3) is 4.78. The normalized spacial score (nSPS) is 16.6. The van der Waals surface area contributed by atoms with Crippen molar-refractivity contribution in [2.45, 2.75) is 26.1 Å². The summed E-state index contributed by atoms with van der Waals surface area (Å²) in [7, 11) is 0. The number of morpholine rings is 1. The van der Waals surface area contributed by atoms with Crippen LogP contribution in [0.1, 0.15) is 33.0 Å². The third-order valence-electron chi connectivity index (χ3n) is 6.16. The van der Waals surface area contributed by atoms with Gasteiger partial charge in [0.2, 0.25) is 0 Å². The molecule has 0 unspecified atom stereocenters. The molecule has 1 amide bonds. The molecule has 33 heavy (non-hydrogen) atoms. The van der Waals surface area contributed by atoms with Crippen molar-refractivity contribution in [3.63, 3.8) is 0 Å². The van der Waals surface area contributed by atoms with E-state index in [0.717, 1.165) is 35.5 Å². The van der Waals surface area contributed by atoms with Crippen molar-refractivity contribution in [1.29, 1.82) is 0 Å². The Hall–Kier alpha value is -2.81. The number of pyridine rings is 1. The summed E-state index contributed by atoms with van der Waals surface area (Å²) in [6, 6.07) is 10.3. The number of benzene rings is 1. The van der Waals surface area contributed by atoms with Gasteiger partial charge in [0.1, 0.15) is 5.82 Å². The minimum Gasteiger partial charge on any atom is -0.378 e. The van der Waals surface area contributed by atoms with Crippen LogP contribution < -0.4 is 0 Å². The van der Waals surface area contributed by atoms with Crippen molar-refractivity contribution >= 4 is 17.5 Å². The standard InChI is InChI=1S/C24H25ClFN5O2/c25-21-13-18(26)5-4-17(21)14-29-8-6-22-20(16-29)23(24(32)30-9-11-33-12-10-30)28-31(22)15-19-3-1-2-7-27-19/h1-5,7,13H,6,8-12,14-16H2. The molecule has 5 rings (SSSR count). The number of ether oxygens (including phenoxy) is 1. The zero-order valence-electron chi connectivity index (χ0n) is 18.2. The van der Waals surface area contributed by atoms with Crippen LogP contribution in [0.2, 0.25) is 5.02 Å². The highest BCUT2D eigenvalue weighted by Gasteiger charge is 2.31. The van der Waals surface area contributed by atoms with Crippen LogP contribution in [-0.4, -0.2) is 63.3 Å². The van der Waals surface area contributed by atoms with Crippen molar-refractivity contribution in [3.05, 3.63) is 81.6 Å². The first-order chi connectivity index (χ1) is 16.1. The average molecular weight is 470 g/mol. The summed E-state index contributed by atoms with van der Waals surface area (Å²) >= 11 is 6.26. The second-order valence-electron chi connectivity index (χ2n) is 8.35. The maximum Gasteiger partial charge on any atom is 0.274 e. The topological polar surface area (TPSA) is 63.5 Å². The van der Waals surface area contributed by atoms with E-state index in [1.54, 1.807) is 12.3 Å². The van der Waals surface area contributed by atoms with Crippen LogP contribution in [0.5, 0.6) is 0 Å². The van der Waals surface area contributed by atoms with E-state index >= 15 is 0 Å². The third-order valence-corrected chi connectivity index (χ3v) is 6.51. The number of hydrogen-bond acceptors (Lipinski definition) is 5. The largest absolute Gasteiger partial charge is 0.378 e. The van der Waals surface area contributed by atoms with Crippen LogP contribution in [-0.2, 0) is 30.8 Å². The predicted molar refractivity (Wildman–Crippen MR) is 122 cm³/mol. The van der Waals surface area contributed by atoms with Crippen LogP contribution in [0.3, 0.4) is 0 Å². The molecule has 9 heteroatoms. The maximum atomic E-state index is 13.5. The smallest absolute Gasteiger partial charge is 0.274 e. The van der Waals surface area contributed by atoms with Crippen LogP contribution in [0.4, 0.5) is 4.39 Å². The van der Waals surface area contributed by atoms with Crippen molar-refractivity contribution in [2.75, 3.05) is 32.8 Å². The SMILES string of the molecule is O=C(c1nn(Cc2ccccn2)c2c1CN(Cc1ccc(F)cc1Cl)CC2)N1CCOCC1. The molecule has 1 aromatic carbocycles. The fourth-order valence-electron chi connectivity index (χ4n) is 4.44. The van der Waals surface area contributed by atoms with Crippen molar-refractivity contribution in [3.8, 4) is 0 Å². The molecule has 3 aromatic rings. The quantitative estimate of drug-likeness (QED) is 0.574. The summed E-state index contributed by atoms with van der Waals surface area (Å²) in [6.07, 6.45) is 2.52. The highest BCUT2D eigenvalue weighted by molar-refractivity contribution is 6.31. The molecule has 172 valence electrons. The second-order valence-corrected chi connectivity index (χ2v) is 8.76. The summed E-state index contributed by atoms with van der Waals surface area (Å²) in [5.74, 6) is -0.408. The number of halogens is 2. The lowest BCUT2D eigenvalue weighted by Crippen LogP contribution is -2.41. The fourth-order valence-corrected chi connectivity index (χ4v) is 4.66. The Morgan fingerprint density at radius 1 is 1.12 bits per heavy atom. The van der Waals surface area contributed by atoms with Crippen LogP contribution in [0.15, 0.2) is 42.6 Å². The summed E-state index contributed by atoms with van der Waals surface area (Å²) < 4.78 is 20.8. The molecule has 0 atom stereocenters. The number of carbonyl (C=O) groups excluding carboxylic acids is 1. The Balaban J connectivity index is 1.44. The number of carbonyl (C=O) groups is 1. The van der Waals surface area contributed by atoms with Gasteiger partial charge in [0.15, 0.2) is 5.69 Å². The number of aromatic nitrogens is 3. The molecule has 1 fully saturated rings. The van der Waals surface area contributed by atoms with Gasteiger partial charge in [0.05, 0.1) is 25.5 Å². The van der Waals surface area contributed by atoms with Crippen molar-refractivity contribution in [2.24, 2.45) is 0 Å². The highest BCUT2D eigenvalue weighted by atomic mass is 35.5. The maximum absolute atomic E-state index is 13.5. The lowest BCUT2D eigenvalue weighted by molar-refractivity contribution is 0.0297. The lowest BCUT2D eigenvalue weighted by atomic mass is 10.0. The van der Waals surface area contributed by atoms with Crippen LogP contribution in [0.25, 0.3) is 0 Å². The molecule has 2 aromatic heterocycles. The van der Waals surface area contributed by atoms with Crippen LogP contribution >= 0.6 is 11.6 Å². The number of fused-ring (bicyclic) bond motifs is 1. The Labute approximate surface area is 196 Å². The van der Waals surface area contributed by atoms with Gasteiger partial charge in [-0.25, -0.2) is 4.39 Å². The number of nitrogens with zero attached hydrogens (tertiary/aromatic N) is 5. The summed E-state index contributed by atoms with van der Waals surface area (Å²) in [4.78, 5) is 21.9. The van der Waals surface area contributed by atoms with Crippen molar-refractivity contribution < 1.29 is 13.9 Å². The Morgan fingerprint density at radius 3 is 2.73 bits per heavy atom. The molecule has 1 saturated heterocycles. The number of amides is 1. The lowest BCUT2D eigenvalue weighted by Gasteiger charge is -2.29. The Bertz CT molecular complexity index is 1150. The highest BCUT2D eigenvalue weighted by Crippen LogP contribution is 2.27. The van der Waals surface area contributed by atoms with E-state index < -0.39 is 0 Å². The Kier molecular flexibility index (Phi) is 6.39. The van der Waals surface area contributed by atoms with E-state index in [1.165, 1.54) is 12.1 Å². The Morgan fingerprint density at radius 2 is 1.97 bits per heavy atom. The zero-order valence-corrected chi connectivity index (χ0v) is 19.0. The van der Waals surface area contributed by atoms with E-state index in [-0.39, 0.29) is 11.7 Å². The minimum atomic E-state index is -0.348. The fraction of sp³-hybridized carbons (Fsp3) is 0.375.